The molecule has 68 valence electrons. The lowest BCUT2D eigenvalue weighted by molar-refractivity contribution is 0.481. The highest BCUT2D eigenvalue weighted by molar-refractivity contribution is 14.1. The molecule has 0 saturated heterocycles. The zero-order chi connectivity index (χ0) is 9.42. The van der Waals surface area contributed by atoms with Crippen molar-refractivity contribution in [3.63, 3.8) is 0 Å². The van der Waals surface area contributed by atoms with Gasteiger partial charge in [0.05, 0.1) is 5.88 Å². The Bertz CT molecular complexity index is 452. The Kier molecular flexibility index (Phi) is 2.67. The molecular formula is C9H6ClIOS. The van der Waals surface area contributed by atoms with E-state index in [0.29, 0.717) is 11.6 Å². The van der Waals surface area contributed by atoms with E-state index >= 15 is 0 Å². The number of rotatable bonds is 1. The normalized spacial score (nSPS) is 10.9. The molecule has 0 spiro atoms. The van der Waals surface area contributed by atoms with Gasteiger partial charge in [-0.25, -0.2) is 0 Å². The lowest BCUT2D eigenvalue weighted by Crippen LogP contribution is -1.70. The molecule has 0 bridgehead atoms. The van der Waals surface area contributed by atoms with Crippen LogP contribution in [0.3, 0.4) is 0 Å². The number of hydrogen-bond donors (Lipinski definition) is 1. The molecule has 0 radical (unpaired) electrons. The molecule has 1 N–H and O–H groups in total. The van der Waals surface area contributed by atoms with Gasteiger partial charge in [0.15, 0.2) is 0 Å². The van der Waals surface area contributed by atoms with Gasteiger partial charge in [-0.3, -0.25) is 0 Å². The van der Waals surface area contributed by atoms with Crippen LogP contribution in [-0.2, 0) is 5.88 Å². The standard InChI is InChI=1S/C9H6ClIOS/c10-4-6-3-7-8(12)1-5(11)2-9(7)13-6/h1-3,12H,4H2. The third-order valence-electron chi connectivity index (χ3n) is 1.76. The predicted octanol–water partition coefficient (Wildman–Crippen LogP) is 3.95. The summed E-state index contributed by atoms with van der Waals surface area (Å²) in [6.45, 7) is 0. The van der Waals surface area contributed by atoms with Crippen molar-refractivity contribution in [2.45, 2.75) is 5.88 Å². The minimum atomic E-state index is 0.342. The van der Waals surface area contributed by atoms with Gasteiger partial charge in [-0.15, -0.1) is 22.9 Å². The summed E-state index contributed by atoms with van der Waals surface area (Å²) >= 11 is 9.53. The molecule has 2 rings (SSSR count). The first-order valence-corrected chi connectivity index (χ1v) is 6.10. The molecular weight excluding hydrogens is 319 g/mol. The van der Waals surface area contributed by atoms with Crippen LogP contribution < -0.4 is 0 Å². The molecule has 0 fully saturated rings. The first kappa shape index (κ1) is 9.55. The van der Waals surface area contributed by atoms with Gasteiger partial charge >= 0.3 is 0 Å². The monoisotopic (exact) mass is 324 g/mol. The highest BCUT2D eigenvalue weighted by Gasteiger charge is 2.06. The topological polar surface area (TPSA) is 20.2 Å². The van der Waals surface area contributed by atoms with Gasteiger partial charge in [0.2, 0.25) is 0 Å². The zero-order valence-electron chi connectivity index (χ0n) is 6.55. The number of fused-ring (bicyclic) bond motifs is 1. The Morgan fingerprint density at radius 2 is 2.15 bits per heavy atom. The van der Waals surface area contributed by atoms with E-state index in [4.69, 9.17) is 11.6 Å². The molecule has 0 aliphatic heterocycles. The zero-order valence-corrected chi connectivity index (χ0v) is 10.3. The minimum absolute atomic E-state index is 0.342. The van der Waals surface area contributed by atoms with Gasteiger partial charge in [0.1, 0.15) is 5.75 Å². The summed E-state index contributed by atoms with van der Waals surface area (Å²) < 4.78 is 2.14. The van der Waals surface area contributed by atoms with Crippen molar-refractivity contribution in [1.29, 1.82) is 0 Å². The summed E-state index contributed by atoms with van der Waals surface area (Å²) in [5.41, 5.74) is 0. The molecule has 1 aromatic carbocycles. The van der Waals surface area contributed by atoms with Crippen LogP contribution in [0, 0.1) is 3.57 Å². The van der Waals surface area contributed by atoms with Gasteiger partial charge in [-0.1, -0.05) is 0 Å². The SMILES string of the molecule is Oc1cc(I)cc2sc(CCl)cc12. The molecule has 0 amide bonds. The number of alkyl halides is 1. The fourth-order valence-electron chi connectivity index (χ4n) is 1.21. The van der Waals surface area contributed by atoms with Crippen molar-refractivity contribution in [3.8, 4) is 5.75 Å². The van der Waals surface area contributed by atoms with Crippen molar-refractivity contribution in [3.05, 3.63) is 26.6 Å². The summed E-state index contributed by atoms with van der Waals surface area (Å²) in [6, 6.07) is 5.75. The molecule has 0 atom stereocenters. The van der Waals surface area contributed by atoms with E-state index in [0.717, 1.165) is 18.5 Å². The van der Waals surface area contributed by atoms with Gasteiger partial charge in [0, 0.05) is 18.5 Å². The van der Waals surface area contributed by atoms with Crippen molar-refractivity contribution >= 4 is 55.6 Å². The Morgan fingerprint density at radius 3 is 2.85 bits per heavy atom. The van der Waals surface area contributed by atoms with Gasteiger partial charge in [-0.2, -0.15) is 0 Å². The molecule has 1 aromatic heterocycles. The van der Waals surface area contributed by atoms with Crippen molar-refractivity contribution < 1.29 is 5.11 Å². The average Bonchev–Trinajstić information content (AvgIpc) is 2.47. The fourth-order valence-corrected chi connectivity index (χ4v) is 3.24. The predicted molar refractivity (Wildman–Crippen MR) is 65.8 cm³/mol. The Labute approximate surface area is 98.5 Å². The quantitative estimate of drug-likeness (QED) is 0.622. The Balaban J connectivity index is 2.75. The van der Waals surface area contributed by atoms with Gasteiger partial charge in [-0.05, 0) is 40.8 Å². The smallest absolute Gasteiger partial charge is 0.125 e. The number of aromatic hydroxyl groups is 1. The molecule has 1 nitrogen and oxygen atoms in total. The van der Waals surface area contributed by atoms with Crippen LogP contribution in [0.4, 0.5) is 0 Å². The number of thiophene rings is 1. The van der Waals surface area contributed by atoms with Crippen LogP contribution in [0.2, 0.25) is 0 Å². The molecule has 2 aromatic rings. The summed E-state index contributed by atoms with van der Waals surface area (Å²) in [7, 11) is 0. The van der Waals surface area contributed by atoms with Crippen LogP contribution in [0.1, 0.15) is 4.88 Å². The van der Waals surface area contributed by atoms with Crippen molar-refractivity contribution in [2.75, 3.05) is 0 Å². The third-order valence-corrected chi connectivity index (χ3v) is 3.91. The average molecular weight is 325 g/mol. The molecule has 0 unspecified atom stereocenters. The van der Waals surface area contributed by atoms with E-state index in [1.165, 1.54) is 0 Å². The van der Waals surface area contributed by atoms with Crippen LogP contribution in [0.5, 0.6) is 5.75 Å². The Hall–Kier alpha value is -0.000000000000000111. The molecule has 0 aliphatic carbocycles. The highest BCUT2D eigenvalue weighted by Crippen LogP contribution is 2.34. The number of phenolic OH excluding ortho intramolecular Hbond substituents is 1. The number of benzene rings is 1. The largest absolute Gasteiger partial charge is 0.507 e. The second kappa shape index (κ2) is 3.63. The maximum Gasteiger partial charge on any atom is 0.125 e. The van der Waals surface area contributed by atoms with E-state index in [1.54, 1.807) is 17.4 Å². The van der Waals surface area contributed by atoms with E-state index in [1.807, 2.05) is 6.07 Å². The van der Waals surface area contributed by atoms with Gasteiger partial charge < -0.3 is 5.11 Å². The lowest BCUT2D eigenvalue weighted by atomic mass is 10.2. The van der Waals surface area contributed by atoms with Crippen molar-refractivity contribution in [2.24, 2.45) is 0 Å². The first-order valence-electron chi connectivity index (χ1n) is 3.67. The molecule has 1 heterocycles. The molecule has 0 aliphatic rings. The molecule has 4 heteroatoms. The second-order valence-electron chi connectivity index (χ2n) is 2.68. The van der Waals surface area contributed by atoms with Crippen molar-refractivity contribution in [1.82, 2.24) is 0 Å². The maximum atomic E-state index is 9.62. The van der Waals surface area contributed by atoms with E-state index in [9.17, 15) is 5.11 Å². The van der Waals surface area contributed by atoms with E-state index in [2.05, 4.69) is 28.7 Å². The first-order chi connectivity index (χ1) is 6.20. The molecule has 13 heavy (non-hydrogen) atoms. The Morgan fingerprint density at radius 1 is 1.38 bits per heavy atom. The summed E-state index contributed by atoms with van der Waals surface area (Å²) in [5.74, 6) is 0.851. The van der Waals surface area contributed by atoms with Crippen LogP contribution >= 0.6 is 45.5 Å². The van der Waals surface area contributed by atoms with E-state index in [-0.39, 0.29) is 0 Å². The summed E-state index contributed by atoms with van der Waals surface area (Å²) in [5, 5.41) is 10.5. The van der Waals surface area contributed by atoms with Gasteiger partial charge in [0.25, 0.3) is 0 Å². The second-order valence-corrected chi connectivity index (χ2v) is 5.36. The number of hydrogen-bond acceptors (Lipinski definition) is 2. The minimum Gasteiger partial charge on any atom is -0.507 e. The van der Waals surface area contributed by atoms with Crippen LogP contribution in [0.15, 0.2) is 18.2 Å². The maximum absolute atomic E-state index is 9.62. The summed E-state index contributed by atoms with van der Waals surface area (Å²) in [4.78, 5) is 1.09. The fraction of sp³-hybridized carbons (Fsp3) is 0.111. The molecule has 0 saturated carbocycles. The van der Waals surface area contributed by atoms with E-state index < -0.39 is 0 Å². The third kappa shape index (κ3) is 1.78. The van der Waals surface area contributed by atoms with Crippen LogP contribution in [0.25, 0.3) is 10.1 Å². The lowest BCUT2D eigenvalue weighted by Gasteiger charge is -1.94. The number of halogens is 2. The van der Waals surface area contributed by atoms with Crippen LogP contribution in [-0.4, -0.2) is 5.11 Å². The number of phenols is 1. The summed E-state index contributed by atoms with van der Waals surface area (Å²) in [6.07, 6.45) is 0. The highest BCUT2D eigenvalue weighted by atomic mass is 127.